The van der Waals surface area contributed by atoms with E-state index in [1.165, 1.54) is 0 Å². The van der Waals surface area contributed by atoms with E-state index >= 15 is 0 Å². The standard InChI is InChI=1S/C8H5BrCl/c1-2-6-3-4-8(10)7(9)5-6/h3-5H,1H2. The Hall–Kier alpha value is -0.270. The molecule has 0 aliphatic heterocycles. The third-order valence-electron chi connectivity index (χ3n) is 1.12. The summed E-state index contributed by atoms with van der Waals surface area (Å²) in [6.07, 6.45) is 2.76. The van der Waals surface area contributed by atoms with Gasteiger partial charge < -0.3 is 0 Å². The smallest absolute Gasteiger partial charge is 0.0548 e. The lowest BCUT2D eigenvalue weighted by molar-refractivity contribution is 1.55. The zero-order chi connectivity index (χ0) is 7.56. The maximum absolute atomic E-state index is 5.74. The normalized spacial score (nSPS) is 9.40. The number of benzene rings is 1. The molecule has 0 aromatic heterocycles. The quantitative estimate of drug-likeness (QED) is 0.675. The Kier molecular flexibility index (Phi) is 2.52. The predicted molar refractivity (Wildman–Crippen MR) is 47.1 cm³/mol. The molecule has 0 N–H and O–H groups in total. The van der Waals surface area contributed by atoms with Crippen LogP contribution in [-0.2, 0) is 0 Å². The van der Waals surface area contributed by atoms with Crippen LogP contribution in [0.2, 0.25) is 5.02 Å². The third kappa shape index (κ3) is 1.61. The van der Waals surface area contributed by atoms with Crippen LogP contribution in [0.25, 0.3) is 0 Å². The van der Waals surface area contributed by atoms with Gasteiger partial charge in [-0.1, -0.05) is 24.2 Å². The van der Waals surface area contributed by atoms with Gasteiger partial charge >= 0.3 is 0 Å². The maximum atomic E-state index is 5.74. The summed E-state index contributed by atoms with van der Waals surface area (Å²) in [5.74, 6) is 0. The van der Waals surface area contributed by atoms with Gasteiger partial charge in [0.2, 0.25) is 0 Å². The van der Waals surface area contributed by atoms with Gasteiger partial charge in [-0.15, -0.1) is 0 Å². The Morgan fingerprint density at radius 1 is 1.50 bits per heavy atom. The summed E-state index contributed by atoms with van der Waals surface area (Å²) < 4.78 is 0.878. The second-order valence-electron chi connectivity index (χ2n) is 1.81. The van der Waals surface area contributed by atoms with Crippen LogP contribution in [0.15, 0.2) is 29.3 Å². The number of hydrogen-bond donors (Lipinski definition) is 0. The summed E-state index contributed by atoms with van der Waals surface area (Å²) in [4.78, 5) is 0. The summed E-state index contributed by atoms with van der Waals surface area (Å²) in [7, 11) is 0. The molecule has 1 rings (SSSR count). The van der Waals surface area contributed by atoms with Crippen molar-refractivity contribution in [3.05, 3.63) is 45.9 Å². The van der Waals surface area contributed by atoms with E-state index in [9.17, 15) is 0 Å². The largest absolute Gasteiger partial charge is 0.0906 e. The monoisotopic (exact) mass is 215 g/mol. The molecule has 0 spiro atoms. The predicted octanol–water partition coefficient (Wildman–Crippen LogP) is 3.44. The lowest BCUT2D eigenvalue weighted by atomic mass is 10.2. The van der Waals surface area contributed by atoms with Crippen LogP contribution >= 0.6 is 27.5 Å². The minimum absolute atomic E-state index is 0.707. The molecule has 1 aromatic carbocycles. The molecule has 0 saturated carbocycles. The van der Waals surface area contributed by atoms with Gasteiger partial charge in [0.05, 0.1) is 5.02 Å². The zero-order valence-corrected chi connectivity index (χ0v) is 7.54. The van der Waals surface area contributed by atoms with E-state index in [1.54, 1.807) is 6.07 Å². The fraction of sp³-hybridized carbons (Fsp3) is 0. The molecule has 0 aliphatic rings. The molecule has 0 atom stereocenters. The Labute approximate surface area is 73.6 Å². The first kappa shape index (κ1) is 7.83. The molecular weight excluding hydrogens is 211 g/mol. The summed E-state index contributed by atoms with van der Waals surface area (Å²) in [6.45, 7) is 3.51. The van der Waals surface area contributed by atoms with Crippen molar-refractivity contribution in [1.29, 1.82) is 0 Å². The van der Waals surface area contributed by atoms with Gasteiger partial charge in [-0.05, 0) is 39.7 Å². The minimum Gasteiger partial charge on any atom is -0.0906 e. The molecule has 1 aromatic rings. The van der Waals surface area contributed by atoms with Crippen molar-refractivity contribution in [2.75, 3.05) is 0 Å². The van der Waals surface area contributed by atoms with Crippen LogP contribution < -0.4 is 0 Å². The van der Waals surface area contributed by atoms with Gasteiger partial charge in [0.15, 0.2) is 0 Å². The van der Waals surface area contributed by atoms with Crippen LogP contribution in [0.4, 0.5) is 0 Å². The Morgan fingerprint density at radius 2 is 2.20 bits per heavy atom. The Morgan fingerprint density at radius 3 is 2.70 bits per heavy atom. The maximum Gasteiger partial charge on any atom is 0.0548 e. The molecule has 0 nitrogen and oxygen atoms in total. The molecule has 1 radical (unpaired) electrons. The first-order valence-corrected chi connectivity index (χ1v) is 3.89. The fourth-order valence-corrected chi connectivity index (χ4v) is 1.10. The highest BCUT2D eigenvalue weighted by atomic mass is 79.9. The van der Waals surface area contributed by atoms with Crippen LogP contribution in [0.1, 0.15) is 5.56 Å². The van der Waals surface area contributed by atoms with Crippen molar-refractivity contribution in [3.63, 3.8) is 0 Å². The SMILES string of the molecule is C=[C]c1ccc(Cl)c(Br)c1. The molecular formula is C8H5BrCl. The molecule has 0 saturated heterocycles. The average molecular weight is 216 g/mol. The van der Waals surface area contributed by atoms with Crippen molar-refractivity contribution in [2.45, 2.75) is 0 Å². The number of halogens is 2. The first-order chi connectivity index (χ1) is 4.74. The van der Waals surface area contributed by atoms with E-state index < -0.39 is 0 Å². The summed E-state index contributed by atoms with van der Waals surface area (Å²) >= 11 is 9.03. The Bertz CT molecular complexity index is 255. The second kappa shape index (κ2) is 3.22. The molecule has 0 amide bonds. The highest BCUT2D eigenvalue weighted by Crippen LogP contribution is 2.22. The van der Waals surface area contributed by atoms with E-state index in [2.05, 4.69) is 28.6 Å². The number of rotatable bonds is 1. The lowest BCUT2D eigenvalue weighted by Crippen LogP contribution is -1.73. The van der Waals surface area contributed by atoms with Gasteiger partial charge in [-0.3, -0.25) is 0 Å². The summed E-state index contributed by atoms with van der Waals surface area (Å²) in [6, 6.07) is 5.54. The van der Waals surface area contributed by atoms with E-state index in [-0.39, 0.29) is 0 Å². The van der Waals surface area contributed by atoms with Crippen molar-refractivity contribution in [2.24, 2.45) is 0 Å². The molecule has 0 aliphatic carbocycles. The molecule has 2 heteroatoms. The van der Waals surface area contributed by atoms with Gasteiger partial charge in [0.25, 0.3) is 0 Å². The average Bonchev–Trinajstić information content (AvgIpc) is 1.95. The van der Waals surface area contributed by atoms with E-state index in [1.807, 2.05) is 12.1 Å². The van der Waals surface area contributed by atoms with Crippen molar-refractivity contribution in [1.82, 2.24) is 0 Å². The van der Waals surface area contributed by atoms with E-state index in [0.717, 1.165) is 10.0 Å². The van der Waals surface area contributed by atoms with Crippen molar-refractivity contribution in [3.8, 4) is 0 Å². The lowest BCUT2D eigenvalue weighted by Gasteiger charge is -1.95. The third-order valence-corrected chi connectivity index (χ3v) is 2.34. The molecule has 0 unspecified atom stereocenters. The molecule has 0 fully saturated rings. The van der Waals surface area contributed by atoms with Crippen molar-refractivity contribution < 1.29 is 0 Å². The molecule has 0 bridgehead atoms. The minimum atomic E-state index is 0.707. The van der Waals surface area contributed by atoms with Gasteiger partial charge in [-0.2, -0.15) is 0 Å². The van der Waals surface area contributed by atoms with E-state index in [4.69, 9.17) is 11.6 Å². The van der Waals surface area contributed by atoms with Gasteiger partial charge in [-0.25, -0.2) is 0 Å². The summed E-state index contributed by atoms with van der Waals surface area (Å²) in [5, 5.41) is 0.707. The molecule has 51 valence electrons. The second-order valence-corrected chi connectivity index (χ2v) is 3.07. The van der Waals surface area contributed by atoms with Crippen LogP contribution in [0, 0.1) is 6.08 Å². The summed E-state index contributed by atoms with van der Waals surface area (Å²) in [5.41, 5.74) is 0.941. The first-order valence-electron chi connectivity index (χ1n) is 2.72. The van der Waals surface area contributed by atoms with Crippen LogP contribution in [0.5, 0.6) is 0 Å². The highest BCUT2D eigenvalue weighted by Gasteiger charge is 1.94. The fourth-order valence-electron chi connectivity index (χ4n) is 0.606. The van der Waals surface area contributed by atoms with E-state index in [0.29, 0.717) is 5.02 Å². The van der Waals surface area contributed by atoms with Crippen molar-refractivity contribution >= 4 is 27.5 Å². The Balaban J connectivity index is 3.16. The van der Waals surface area contributed by atoms with Crippen LogP contribution in [-0.4, -0.2) is 0 Å². The topological polar surface area (TPSA) is 0 Å². The van der Waals surface area contributed by atoms with Crippen LogP contribution in [0.3, 0.4) is 0 Å². The van der Waals surface area contributed by atoms with Gasteiger partial charge in [0.1, 0.15) is 0 Å². The highest BCUT2D eigenvalue weighted by molar-refractivity contribution is 9.10. The zero-order valence-electron chi connectivity index (χ0n) is 5.20. The molecule has 0 heterocycles. The number of hydrogen-bond acceptors (Lipinski definition) is 0. The van der Waals surface area contributed by atoms with Gasteiger partial charge in [0, 0.05) is 4.47 Å². The molecule has 10 heavy (non-hydrogen) atoms.